The topological polar surface area (TPSA) is 72.6 Å². The molecule has 78 valence electrons. The third-order valence-electron chi connectivity index (χ3n) is 1.68. The van der Waals surface area contributed by atoms with Gasteiger partial charge in [0.2, 0.25) is 11.4 Å². The molecule has 0 aliphatic heterocycles. The molecule has 2 rings (SSSR count). The van der Waals surface area contributed by atoms with Crippen molar-refractivity contribution in [2.24, 2.45) is 0 Å². The van der Waals surface area contributed by atoms with Crippen molar-refractivity contribution in [2.75, 3.05) is 0 Å². The third-order valence-corrected chi connectivity index (χ3v) is 1.68. The summed E-state index contributed by atoms with van der Waals surface area (Å²) in [5, 5.41) is 11.4. The van der Waals surface area contributed by atoms with Gasteiger partial charge in [0, 0.05) is 0 Å². The van der Waals surface area contributed by atoms with Gasteiger partial charge in [-0.25, -0.2) is 9.18 Å². The molecular weight excluding hydrogens is 212 g/mol. The Morgan fingerprint density at radius 1 is 1.47 bits per heavy atom. The number of hydrogen-bond acceptors (Lipinski definition) is 4. The molecule has 0 saturated heterocycles. The number of carboxylic acid groups (broad SMARTS) is 1. The van der Waals surface area contributed by atoms with E-state index in [-0.39, 0.29) is 5.39 Å². The van der Waals surface area contributed by atoms with Gasteiger partial charge in [0.15, 0.2) is 5.82 Å². The zero-order chi connectivity index (χ0) is 11.0. The number of hydrogen-bond donors (Lipinski definition) is 1. The van der Waals surface area contributed by atoms with Gasteiger partial charge >= 0.3 is 6.16 Å². The van der Waals surface area contributed by atoms with Crippen molar-refractivity contribution in [2.45, 2.75) is 0 Å². The lowest BCUT2D eigenvalue weighted by molar-refractivity contribution is 0.141. The fourth-order valence-corrected chi connectivity index (χ4v) is 1.08. The lowest BCUT2D eigenvalue weighted by atomic mass is 10.2. The standard InChI is InChI=1S/C8H3F2NO4/c9-4-2-1-3-6(5(4)10)15-11-7(3)14-8(12)13/h1-2H,(H,12,13). The highest BCUT2D eigenvalue weighted by Gasteiger charge is 2.18. The molecule has 0 aliphatic rings. The molecule has 0 radical (unpaired) electrons. The van der Waals surface area contributed by atoms with E-state index in [1.807, 2.05) is 0 Å². The summed E-state index contributed by atoms with van der Waals surface area (Å²) in [5.74, 6) is -2.77. The molecular formula is C8H3F2NO4. The van der Waals surface area contributed by atoms with Crippen LogP contribution in [0.15, 0.2) is 16.7 Å². The van der Waals surface area contributed by atoms with E-state index in [1.54, 1.807) is 0 Å². The van der Waals surface area contributed by atoms with E-state index in [4.69, 9.17) is 5.11 Å². The number of rotatable bonds is 1. The number of benzene rings is 1. The Morgan fingerprint density at radius 2 is 2.20 bits per heavy atom. The van der Waals surface area contributed by atoms with E-state index in [0.29, 0.717) is 0 Å². The number of halogens is 2. The normalized spacial score (nSPS) is 10.5. The van der Waals surface area contributed by atoms with Crippen LogP contribution in [-0.2, 0) is 0 Å². The predicted molar refractivity (Wildman–Crippen MR) is 42.6 cm³/mol. The fourth-order valence-electron chi connectivity index (χ4n) is 1.08. The SMILES string of the molecule is O=C(O)Oc1noc2c(F)c(F)ccc12. The number of nitrogens with zero attached hydrogens (tertiary/aromatic N) is 1. The van der Waals surface area contributed by atoms with Crippen molar-refractivity contribution in [1.29, 1.82) is 0 Å². The second-order valence-electron chi connectivity index (χ2n) is 2.59. The molecule has 1 aromatic heterocycles. The van der Waals surface area contributed by atoms with Gasteiger partial charge in [-0.15, -0.1) is 0 Å². The first-order valence-corrected chi connectivity index (χ1v) is 3.73. The molecule has 0 bridgehead atoms. The van der Waals surface area contributed by atoms with Crippen LogP contribution >= 0.6 is 0 Å². The molecule has 1 aromatic carbocycles. The average molecular weight is 215 g/mol. The minimum atomic E-state index is -1.62. The van der Waals surface area contributed by atoms with Crippen LogP contribution in [0.25, 0.3) is 11.0 Å². The maximum atomic E-state index is 13.0. The zero-order valence-corrected chi connectivity index (χ0v) is 7.03. The molecule has 1 heterocycles. The van der Waals surface area contributed by atoms with Crippen LogP contribution in [0.1, 0.15) is 0 Å². The Hall–Kier alpha value is -2.18. The van der Waals surface area contributed by atoms with Crippen molar-refractivity contribution < 1.29 is 27.9 Å². The molecule has 0 saturated carbocycles. The summed E-state index contributed by atoms with van der Waals surface area (Å²) in [6, 6.07) is 1.94. The van der Waals surface area contributed by atoms with Gasteiger partial charge in [-0.1, -0.05) is 0 Å². The molecule has 7 heteroatoms. The van der Waals surface area contributed by atoms with E-state index in [9.17, 15) is 13.6 Å². The van der Waals surface area contributed by atoms with Crippen LogP contribution in [-0.4, -0.2) is 16.4 Å². The molecule has 1 N–H and O–H groups in total. The largest absolute Gasteiger partial charge is 0.512 e. The summed E-state index contributed by atoms with van der Waals surface area (Å²) >= 11 is 0. The highest BCUT2D eigenvalue weighted by molar-refractivity contribution is 5.84. The fraction of sp³-hybridized carbons (Fsp3) is 0. The quantitative estimate of drug-likeness (QED) is 0.738. The van der Waals surface area contributed by atoms with Crippen molar-refractivity contribution in [3.63, 3.8) is 0 Å². The van der Waals surface area contributed by atoms with Crippen LogP contribution in [0, 0.1) is 11.6 Å². The van der Waals surface area contributed by atoms with E-state index in [0.717, 1.165) is 12.1 Å². The Kier molecular flexibility index (Phi) is 2.00. The molecule has 5 nitrogen and oxygen atoms in total. The number of fused-ring (bicyclic) bond motifs is 1. The first-order valence-electron chi connectivity index (χ1n) is 3.73. The van der Waals surface area contributed by atoms with Crippen LogP contribution in [0.3, 0.4) is 0 Å². The smallest absolute Gasteiger partial charge is 0.449 e. The lowest BCUT2D eigenvalue weighted by Crippen LogP contribution is -2.03. The second-order valence-corrected chi connectivity index (χ2v) is 2.59. The summed E-state index contributed by atoms with van der Waals surface area (Å²) in [5.41, 5.74) is -0.480. The Morgan fingerprint density at radius 3 is 2.87 bits per heavy atom. The lowest BCUT2D eigenvalue weighted by Gasteiger charge is -1.93. The summed E-state index contributed by atoms with van der Waals surface area (Å²) in [7, 11) is 0. The van der Waals surface area contributed by atoms with Crippen LogP contribution in [0.4, 0.5) is 13.6 Å². The summed E-state index contributed by atoms with van der Waals surface area (Å²) in [6.07, 6.45) is -1.62. The Labute approximate surface area is 80.8 Å². The molecule has 15 heavy (non-hydrogen) atoms. The highest BCUT2D eigenvalue weighted by Crippen LogP contribution is 2.28. The van der Waals surface area contributed by atoms with Gasteiger partial charge < -0.3 is 14.4 Å². The Bertz CT molecular complexity index is 537. The third kappa shape index (κ3) is 1.47. The van der Waals surface area contributed by atoms with E-state index in [1.165, 1.54) is 0 Å². The summed E-state index contributed by atoms with van der Waals surface area (Å²) in [6.45, 7) is 0. The Balaban J connectivity index is 2.61. The second kappa shape index (κ2) is 3.19. The molecule has 0 amide bonds. The van der Waals surface area contributed by atoms with Gasteiger partial charge in [0.25, 0.3) is 5.88 Å². The highest BCUT2D eigenvalue weighted by atomic mass is 19.2. The molecule has 2 aromatic rings. The molecule has 0 fully saturated rings. The maximum absolute atomic E-state index is 13.0. The molecule has 0 atom stereocenters. The number of ether oxygens (including phenoxy) is 1. The van der Waals surface area contributed by atoms with E-state index < -0.39 is 29.3 Å². The first kappa shape index (κ1) is 9.38. The van der Waals surface area contributed by atoms with Gasteiger partial charge in [-0.3, -0.25) is 0 Å². The van der Waals surface area contributed by atoms with Crippen LogP contribution in [0.5, 0.6) is 5.88 Å². The predicted octanol–water partition coefficient (Wildman–Crippen LogP) is 2.16. The van der Waals surface area contributed by atoms with Gasteiger partial charge in [-0.05, 0) is 17.3 Å². The average Bonchev–Trinajstić information content (AvgIpc) is 2.55. The minimum Gasteiger partial charge on any atom is -0.449 e. The first-order chi connectivity index (χ1) is 7.09. The molecule has 0 unspecified atom stereocenters. The van der Waals surface area contributed by atoms with Gasteiger partial charge in [-0.2, -0.15) is 4.39 Å². The van der Waals surface area contributed by atoms with Crippen molar-refractivity contribution in [3.8, 4) is 5.88 Å². The number of aromatic nitrogens is 1. The van der Waals surface area contributed by atoms with E-state index >= 15 is 0 Å². The summed E-state index contributed by atoms with van der Waals surface area (Å²) in [4.78, 5) is 10.2. The monoisotopic (exact) mass is 215 g/mol. The molecule has 0 spiro atoms. The van der Waals surface area contributed by atoms with Crippen LogP contribution < -0.4 is 4.74 Å². The van der Waals surface area contributed by atoms with Crippen molar-refractivity contribution >= 4 is 17.1 Å². The zero-order valence-electron chi connectivity index (χ0n) is 7.03. The van der Waals surface area contributed by atoms with Crippen molar-refractivity contribution in [1.82, 2.24) is 5.16 Å². The van der Waals surface area contributed by atoms with Gasteiger partial charge in [0.05, 0.1) is 5.39 Å². The molecule has 0 aliphatic carbocycles. The van der Waals surface area contributed by atoms with E-state index in [2.05, 4.69) is 14.4 Å². The van der Waals surface area contributed by atoms with Crippen molar-refractivity contribution in [3.05, 3.63) is 23.8 Å². The maximum Gasteiger partial charge on any atom is 0.512 e. The van der Waals surface area contributed by atoms with Gasteiger partial charge in [0.1, 0.15) is 0 Å². The summed E-state index contributed by atoms with van der Waals surface area (Å²) < 4.78 is 34.3. The minimum absolute atomic E-state index is 0.0451. The van der Waals surface area contributed by atoms with Crippen LogP contribution in [0.2, 0.25) is 0 Å². The number of carbonyl (C=O) groups is 1.